The van der Waals surface area contributed by atoms with Gasteiger partial charge in [0.2, 0.25) is 5.91 Å². The molecule has 11 heteroatoms. The summed E-state index contributed by atoms with van der Waals surface area (Å²) in [6.07, 6.45) is 0. The fraction of sp³-hybridized carbons (Fsp3) is 0.167. The molecule has 0 bridgehead atoms. The molecule has 1 amide bonds. The number of nitrogens with one attached hydrogen (secondary N) is 1. The maximum Gasteiger partial charge on any atom is 0.341 e. The van der Waals surface area contributed by atoms with Crippen molar-refractivity contribution in [1.82, 2.24) is 9.55 Å². The smallest absolute Gasteiger partial charge is 0.341 e. The Balaban J connectivity index is 1.67. The third-order valence-corrected chi connectivity index (χ3v) is 8.07. The standard InChI is InChI=1S/C24H19Cl2N3O4S2/c1-12-13(2)35-21(20(12)23(32)33-3)28-19(30)11-34-24-27-18-7-5-4-6-15(18)22(31)29(24)14-8-9-16(25)17(26)10-14/h4-10H,11H2,1-3H3,(H,28,30). The monoisotopic (exact) mass is 547 g/mol. The lowest BCUT2D eigenvalue weighted by molar-refractivity contribution is -0.113. The highest BCUT2D eigenvalue weighted by molar-refractivity contribution is 7.99. The van der Waals surface area contributed by atoms with Crippen LogP contribution < -0.4 is 10.9 Å². The average Bonchev–Trinajstić information content (AvgIpc) is 3.11. The van der Waals surface area contributed by atoms with Crippen LogP contribution in [0.15, 0.2) is 52.4 Å². The van der Waals surface area contributed by atoms with Crippen molar-refractivity contribution in [2.45, 2.75) is 19.0 Å². The Labute approximate surface area is 219 Å². The summed E-state index contributed by atoms with van der Waals surface area (Å²) in [6, 6.07) is 11.8. The zero-order chi connectivity index (χ0) is 25.3. The number of thioether (sulfide) groups is 1. The van der Waals surface area contributed by atoms with Gasteiger partial charge in [-0.15, -0.1) is 11.3 Å². The van der Waals surface area contributed by atoms with Gasteiger partial charge in [-0.05, 0) is 49.7 Å². The van der Waals surface area contributed by atoms with E-state index in [2.05, 4.69) is 10.3 Å². The van der Waals surface area contributed by atoms with Gasteiger partial charge in [-0.25, -0.2) is 9.78 Å². The summed E-state index contributed by atoms with van der Waals surface area (Å²) in [5.41, 5.74) is 1.78. The quantitative estimate of drug-likeness (QED) is 0.184. The van der Waals surface area contributed by atoms with Crippen molar-refractivity contribution in [2.24, 2.45) is 0 Å². The SMILES string of the molecule is COC(=O)c1c(NC(=O)CSc2nc3ccccc3c(=O)n2-c2ccc(Cl)c(Cl)c2)sc(C)c1C. The van der Waals surface area contributed by atoms with Crippen LogP contribution in [0.1, 0.15) is 20.8 Å². The van der Waals surface area contributed by atoms with Crippen molar-refractivity contribution in [3.63, 3.8) is 0 Å². The topological polar surface area (TPSA) is 90.3 Å². The van der Waals surface area contributed by atoms with Crippen LogP contribution in [0, 0.1) is 13.8 Å². The number of hydrogen-bond donors (Lipinski definition) is 1. The molecule has 4 rings (SSSR count). The number of methoxy groups -OCH3 is 1. The van der Waals surface area contributed by atoms with E-state index in [1.807, 2.05) is 6.92 Å². The number of carbonyl (C=O) groups excluding carboxylic acids is 2. The number of thiophene rings is 1. The van der Waals surface area contributed by atoms with E-state index in [0.29, 0.717) is 37.3 Å². The summed E-state index contributed by atoms with van der Waals surface area (Å²) in [4.78, 5) is 43.9. The van der Waals surface area contributed by atoms with E-state index in [0.717, 1.165) is 22.2 Å². The van der Waals surface area contributed by atoms with Crippen LogP contribution in [0.3, 0.4) is 0 Å². The molecule has 180 valence electrons. The zero-order valence-corrected chi connectivity index (χ0v) is 22.0. The minimum atomic E-state index is -0.514. The maximum atomic E-state index is 13.4. The summed E-state index contributed by atoms with van der Waals surface area (Å²) in [6.45, 7) is 3.67. The number of fused-ring (bicyclic) bond motifs is 1. The summed E-state index contributed by atoms with van der Waals surface area (Å²) >= 11 is 14.6. The number of nitrogens with zero attached hydrogens (tertiary/aromatic N) is 2. The lowest BCUT2D eigenvalue weighted by Gasteiger charge is -2.14. The zero-order valence-electron chi connectivity index (χ0n) is 18.8. The molecule has 2 aromatic carbocycles. The minimum Gasteiger partial charge on any atom is -0.465 e. The van der Waals surface area contributed by atoms with Crippen LogP contribution >= 0.6 is 46.3 Å². The second kappa shape index (κ2) is 10.4. The Kier molecular flexibility index (Phi) is 7.51. The second-order valence-corrected chi connectivity index (χ2v) is 10.4. The molecule has 35 heavy (non-hydrogen) atoms. The van der Waals surface area contributed by atoms with Crippen LogP contribution in [0.2, 0.25) is 10.0 Å². The molecule has 0 saturated heterocycles. The number of aryl methyl sites for hydroxylation is 1. The number of para-hydroxylation sites is 1. The highest BCUT2D eigenvalue weighted by Crippen LogP contribution is 2.33. The number of esters is 1. The summed E-state index contributed by atoms with van der Waals surface area (Å²) < 4.78 is 6.27. The largest absolute Gasteiger partial charge is 0.465 e. The summed E-state index contributed by atoms with van der Waals surface area (Å²) in [5.74, 6) is -0.924. The number of carbonyl (C=O) groups is 2. The molecule has 0 fully saturated rings. The second-order valence-electron chi connectivity index (χ2n) is 7.47. The van der Waals surface area contributed by atoms with Gasteiger partial charge < -0.3 is 10.1 Å². The van der Waals surface area contributed by atoms with Crippen LogP contribution in [0.25, 0.3) is 16.6 Å². The molecule has 0 unspecified atom stereocenters. The van der Waals surface area contributed by atoms with Gasteiger partial charge in [-0.1, -0.05) is 47.1 Å². The molecule has 1 N–H and O–H groups in total. The van der Waals surface area contributed by atoms with Crippen LogP contribution in [0.4, 0.5) is 5.00 Å². The lowest BCUT2D eigenvalue weighted by Crippen LogP contribution is -2.23. The van der Waals surface area contributed by atoms with E-state index in [4.69, 9.17) is 27.9 Å². The van der Waals surface area contributed by atoms with E-state index >= 15 is 0 Å². The van der Waals surface area contributed by atoms with Crippen LogP contribution in [-0.4, -0.2) is 34.3 Å². The molecular weight excluding hydrogens is 529 g/mol. The molecule has 2 heterocycles. The highest BCUT2D eigenvalue weighted by atomic mass is 35.5. The molecule has 0 aliphatic rings. The van der Waals surface area contributed by atoms with E-state index in [-0.39, 0.29) is 22.2 Å². The Hall–Kier alpha value is -2.85. The molecule has 0 radical (unpaired) electrons. The van der Waals surface area contributed by atoms with E-state index in [1.54, 1.807) is 49.4 Å². The first-order valence-corrected chi connectivity index (χ1v) is 12.8. The number of hydrogen-bond acceptors (Lipinski definition) is 7. The highest BCUT2D eigenvalue weighted by Gasteiger charge is 2.22. The Bertz CT molecular complexity index is 1530. The molecule has 0 aliphatic carbocycles. The van der Waals surface area contributed by atoms with Gasteiger partial charge in [0.15, 0.2) is 5.16 Å². The van der Waals surface area contributed by atoms with Gasteiger partial charge in [-0.3, -0.25) is 14.2 Å². The van der Waals surface area contributed by atoms with E-state index < -0.39 is 5.97 Å². The first-order chi connectivity index (χ1) is 16.7. The van der Waals surface area contributed by atoms with Crippen LogP contribution in [0.5, 0.6) is 0 Å². The Morgan fingerprint density at radius 1 is 1.14 bits per heavy atom. The normalized spacial score (nSPS) is 11.0. The molecule has 7 nitrogen and oxygen atoms in total. The molecule has 0 aliphatic heterocycles. The maximum absolute atomic E-state index is 13.4. The van der Waals surface area contributed by atoms with E-state index in [1.165, 1.54) is 23.0 Å². The van der Waals surface area contributed by atoms with Gasteiger partial charge in [0.05, 0.1) is 45.1 Å². The Morgan fingerprint density at radius 2 is 1.89 bits per heavy atom. The third-order valence-electron chi connectivity index (χ3n) is 5.27. The van der Waals surface area contributed by atoms with Gasteiger partial charge in [0, 0.05) is 4.88 Å². The van der Waals surface area contributed by atoms with Gasteiger partial charge in [0.1, 0.15) is 5.00 Å². The van der Waals surface area contributed by atoms with Crippen molar-refractivity contribution in [2.75, 3.05) is 18.2 Å². The van der Waals surface area contributed by atoms with Gasteiger partial charge in [0.25, 0.3) is 5.56 Å². The van der Waals surface area contributed by atoms with Gasteiger partial charge >= 0.3 is 5.97 Å². The molecular formula is C24H19Cl2N3O4S2. The number of rotatable bonds is 6. The predicted octanol–water partition coefficient (Wildman–Crippen LogP) is 5.89. The van der Waals surface area contributed by atoms with Crippen molar-refractivity contribution in [1.29, 1.82) is 0 Å². The van der Waals surface area contributed by atoms with Crippen molar-refractivity contribution >= 4 is 74.1 Å². The number of anilines is 1. The number of halogens is 2. The van der Waals surface area contributed by atoms with Crippen molar-refractivity contribution < 1.29 is 14.3 Å². The Morgan fingerprint density at radius 3 is 2.60 bits per heavy atom. The number of amides is 1. The molecule has 0 spiro atoms. The van der Waals surface area contributed by atoms with Gasteiger partial charge in [-0.2, -0.15) is 0 Å². The fourth-order valence-corrected chi connectivity index (χ4v) is 5.59. The average molecular weight is 548 g/mol. The number of benzene rings is 2. The van der Waals surface area contributed by atoms with E-state index in [9.17, 15) is 14.4 Å². The summed E-state index contributed by atoms with van der Waals surface area (Å²) in [5, 5.41) is 4.60. The fourth-order valence-electron chi connectivity index (χ4n) is 3.42. The summed E-state index contributed by atoms with van der Waals surface area (Å²) in [7, 11) is 1.30. The van der Waals surface area contributed by atoms with Crippen molar-refractivity contribution in [3.8, 4) is 5.69 Å². The number of aromatic nitrogens is 2. The van der Waals surface area contributed by atoms with Crippen LogP contribution in [-0.2, 0) is 9.53 Å². The molecule has 2 aromatic heterocycles. The number of ether oxygens (including phenoxy) is 1. The molecule has 0 atom stereocenters. The third kappa shape index (κ3) is 5.08. The first kappa shape index (κ1) is 25.2. The lowest BCUT2D eigenvalue weighted by atomic mass is 10.1. The predicted molar refractivity (Wildman–Crippen MR) is 142 cm³/mol. The first-order valence-electron chi connectivity index (χ1n) is 10.3. The minimum absolute atomic E-state index is 0.0529. The van der Waals surface area contributed by atoms with Crippen molar-refractivity contribution in [3.05, 3.63) is 78.9 Å². The molecule has 4 aromatic rings. The molecule has 0 saturated carbocycles.